The number of carbonyl (C=O) groups is 1. The van der Waals surface area contributed by atoms with Gasteiger partial charge in [0, 0.05) is 6.54 Å². The average Bonchev–Trinajstić information content (AvgIpc) is 2.86. The summed E-state index contributed by atoms with van der Waals surface area (Å²) in [5, 5.41) is 2.61. The topological polar surface area (TPSA) is 93.2 Å². The smallest absolute Gasteiger partial charge is 0.408 e. The maximum Gasteiger partial charge on any atom is 0.408 e. The van der Waals surface area contributed by atoms with Crippen LogP contribution in [0.4, 0.5) is 9.18 Å². The first-order valence-corrected chi connectivity index (χ1v) is 14.4. The van der Waals surface area contributed by atoms with Crippen molar-refractivity contribution in [1.29, 1.82) is 0 Å². The van der Waals surface area contributed by atoms with Crippen molar-refractivity contribution in [3.63, 3.8) is 0 Å². The summed E-state index contributed by atoms with van der Waals surface area (Å²) in [4.78, 5) is 35.9. The van der Waals surface area contributed by atoms with Gasteiger partial charge < -0.3 is 10.1 Å². The zero-order valence-electron chi connectivity index (χ0n) is 22.6. The minimum absolute atomic E-state index is 0.461. The molecular weight excluding hydrogens is 461 g/mol. The van der Waals surface area contributed by atoms with Gasteiger partial charge in [-0.15, -0.1) is 0 Å². The summed E-state index contributed by atoms with van der Waals surface area (Å²) >= 11 is 0. The number of hydrogen-bond donors (Lipinski definition) is 2. The van der Waals surface area contributed by atoms with E-state index >= 15 is 0 Å². The van der Waals surface area contributed by atoms with E-state index < -0.39 is 29.9 Å². The molecule has 8 heteroatoms. The molecule has 1 aromatic heterocycles. The monoisotopic (exact) mass is 511 g/mol. The van der Waals surface area contributed by atoms with Crippen LogP contribution in [0.15, 0.2) is 15.8 Å². The largest absolute Gasteiger partial charge is 0.428 e. The van der Waals surface area contributed by atoms with Crippen LogP contribution in [0.2, 0.25) is 0 Å². The number of aromatic amines is 1. The summed E-state index contributed by atoms with van der Waals surface area (Å²) < 4.78 is 18.8. The fourth-order valence-electron chi connectivity index (χ4n) is 4.33. The van der Waals surface area contributed by atoms with Crippen LogP contribution >= 0.6 is 0 Å². The molecule has 0 aliphatic rings. The molecule has 0 fully saturated rings. The Morgan fingerprint density at radius 1 is 0.778 bits per heavy atom. The van der Waals surface area contributed by atoms with Gasteiger partial charge in [0.05, 0.1) is 6.20 Å². The lowest BCUT2D eigenvalue weighted by atomic mass is 10.0. The van der Waals surface area contributed by atoms with Gasteiger partial charge in [0.25, 0.3) is 5.56 Å². The molecule has 0 saturated heterocycles. The van der Waals surface area contributed by atoms with Crippen LogP contribution in [0, 0.1) is 5.82 Å². The lowest BCUT2D eigenvalue weighted by Gasteiger charge is -2.08. The highest BCUT2D eigenvalue weighted by atomic mass is 19.1. The fraction of sp³-hybridized carbons (Fsp3) is 0.821. The Hall–Kier alpha value is -2.12. The summed E-state index contributed by atoms with van der Waals surface area (Å²) in [6, 6.07) is 0. The molecule has 0 aliphatic heterocycles. The number of alkyl carbamates (subject to hydrolysis) is 1. The molecule has 1 rings (SSSR count). The lowest BCUT2D eigenvalue weighted by Crippen LogP contribution is -2.34. The third-order valence-corrected chi connectivity index (χ3v) is 6.60. The normalized spacial score (nSPS) is 11.1. The van der Waals surface area contributed by atoms with E-state index in [-0.39, 0.29) is 0 Å². The van der Waals surface area contributed by atoms with E-state index in [1.807, 2.05) is 0 Å². The predicted octanol–water partition coefficient (Wildman–Crippen LogP) is 7.18. The molecule has 0 spiro atoms. The van der Waals surface area contributed by atoms with Gasteiger partial charge in [-0.1, -0.05) is 129 Å². The van der Waals surface area contributed by atoms with E-state index in [4.69, 9.17) is 4.74 Å². The first-order valence-electron chi connectivity index (χ1n) is 14.4. The second-order valence-corrected chi connectivity index (χ2v) is 9.91. The van der Waals surface area contributed by atoms with E-state index in [0.29, 0.717) is 12.7 Å². The zero-order chi connectivity index (χ0) is 26.3. The van der Waals surface area contributed by atoms with Gasteiger partial charge >= 0.3 is 11.8 Å². The van der Waals surface area contributed by atoms with Crippen LogP contribution in [-0.2, 0) is 11.5 Å². The predicted molar refractivity (Wildman–Crippen MR) is 144 cm³/mol. The molecule has 0 aromatic carbocycles. The van der Waals surface area contributed by atoms with Crippen LogP contribution in [0.1, 0.15) is 135 Å². The van der Waals surface area contributed by atoms with E-state index in [2.05, 4.69) is 12.2 Å². The molecule has 0 atom stereocenters. The third kappa shape index (κ3) is 17.3. The molecule has 1 amide bonds. The second kappa shape index (κ2) is 22.1. The summed E-state index contributed by atoms with van der Waals surface area (Å²) in [6.07, 6.45) is 26.5. The van der Waals surface area contributed by atoms with Gasteiger partial charge in [-0.2, -0.15) is 4.39 Å². The number of carbonyl (C=O) groups excluding carboxylic acids is 1. The first kappa shape index (κ1) is 31.9. The molecular formula is C28H50FN3O4. The molecule has 0 saturated carbocycles. The highest BCUT2D eigenvalue weighted by molar-refractivity contribution is 5.66. The maximum absolute atomic E-state index is 13.2. The third-order valence-electron chi connectivity index (χ3n) is 6.60. The van der Waals surface area contributed by atoms with Crippen molar-refractivity contribution in [2.24, 2.45) is 0 Å². The Kier molecular flexibility index (Phi) is 19.6. The summed E-state index contributed by atoms with van der Waals surface area (Å²) in [5.41, 5.74) is -1.93. The van der Waals surface area contributed by atoms with Crippen molar-refractivity contribution in [1.82, 2.24) is 14.9 Å². The minimum Gasteiger partial charge on any atom is -0.428 e. The van der Waals surface area contributed by atoms with Crippen LogP contribution in [0.5, 0.6) is 0 Å². The van der Waals surface area contributed by atoms with E-state index in [1.165, 1.54) is 109 Å². The number of hydrogen-bond acceptors (Lipinski definition) is 4. The number of nitrogens with zero attached hydrogens (tertiary/aromatic N) is 1. The molecule has 0 bridgehead atoms. The van der Waals surface area contributed by atoms with Crippen molar-refractivity contribution in [3.05, 3.63) is 32.9 Å². The van der Waals surface area contributed by atoms with E-state index in [0.717, 1.165) is 23.8 Å². The number of H-pyrrole nitrogens is 1. The van der Waals surface area contributed by atoms with Gasteiger partial charge in [0.1, 0.15) is 0 Å². The maximum atomic E-state index is 13.2. The van der Waals surface area contributed by atoms with Crippen molar-refractivity contribution in [2.45, 2.75) is 142 Å². The van der Waals surface area contributed by atoms with Crippen molar-refractivity contribution in [2.75, 3.05) is 6.54 Å². The lowest BCUT2D eigenvalue weighted by molar-refractivity contribution is 0.111. The Balaban J connectivity index is 1.80. The molecule has 208 valence electrons. The summed E-state index contributed by atoms with van der Waals surface area (Å²) in [6.45, 7) is 2.31. The Labute approximate surface area is 216 Å². The molecule has 7 nitrogen and oxygen atoms in total. The molecule has 0 unspecified atom stereocenters. The quantitative estimate of drug-likeness (QED) is 0.152. The van der Waals surface area contributed by atoms with Crippen molar-refractivity contribution < 1.29 is 13.9 Å². The average molecular weight is 512 g/mol. The number of aromatic nitrogens is 2. The van der Waals surface area contributed by atoms with Gasteiger partial charge in [0.15, 0.2) is 6.73 Å². The molecule has 1 aromatic rings. The second-order valence-electron chi connectivity index (χ2n) is 9.91. The van der Waals surface area contributed by atoms with Gasteiger partial charge in [-0.25, -0.2) is 9.59 Å². The Morgan fingerprint density at radius 3 is 1.64 bits per heavy atom. The number of unbranched alkanes of at least 4 members (excludes halogenated alkanes) is 19. The summed E-state index contributed by atoms with van der Waals surface area (Å²) in [7, 11) is 0. The zero-order valence-corrected chi connectivity index (χ0v) is 22.6. The Morgan fingerprint density at radius 2 is 1.19 bits per heavy atom. The van der Waals surface area contributed by atoms with Crippen LogP contribution in [0.25, 0.3) is 0 Å². The van der Waals surface area contributed by atoms with Crippen molar-refractivity contribution in [3.8, 4) is 0 Å². The number of amides is 1. The minimum atomic E-state index is -1.11. The van der Waals surface area contributed by atoms with Gasteiger partial charge in [0.2, 0.25) is 5.82 Å². The number of halogens is 1. The number of ether oxygens (including phenoxy) is 1. The fourth-order valence-corrected chi connectivity index (χ4v) is 4.33. The van der Waals surface area contributed by atoms with Crippen LogP contribution in [0.3, 0.4) is 0 Å². The molecule has 1 heterocycles. The van der Waals surface area contributed by atoms with Crippen LogP contribution < -0.4 is 16.6 Å². The van der Waals surface area contributed by atoms with E-state index in [9.17, 15) is 18.8 Å². The molecule has 0 aliphatic carbocycles. The Bertz CT molecular complexity index is 794. The standard InChI is InChI=1S/C28H50FN3O4/c1-2-3-4-5-6-7-8-9-10-11-12-13-14-15-16-17-18-19-20-21-22-30-28(35)36-24-32-23-25(29)26(33)31-27(32)34/h23H,2-22,24H2,1H3,(H,30,35)(H,31,33,34). The molecule has 0 radical (unpaired) electrons. The van der Waals surface area contributed by atoms with Gasteiger partial charge in [-0.05, 0) is 6.42 Å². The van der Waals surface area contributed by atoms with Crippen LogP contribution in [-0.4, -0.2) is 22.2 Å². The molecule has 36 heavy (non-hydrogen) atoms. The highest BCUT2D eigenvalue weighted by Crippen LogP contribution is 2.14. The number of nitrogens with one attached hydrogen (secondary N) is 2. The summed E-state index contributed by atoms with van der Waals surface area (Å²) in [5.74, 6) is -1.11. The number of rotatable bonds is 23. The first-order chi connectivity index (χ1) is 17.5. The van der Waals surface area contributed by atoms with Crippen molar-refractivity contribution >= 4 is 6.09 Å². The van der Waals surface area contributed by atoms with Gasteiger partial charge in [-0.3, -0.25) is 14.3 Å². The SMILES string of the molecule is CCCCCCCCCCCCCCCCCCCCCCNC(=O)OCn1cc(F)c(=O)[nH]c1=O. The highest BCUT2D eigenvalue weighted by Gasteiger charge is 2.06. The van der Waals surface area contributed by atoms with E-state index in [1.54, 1.807) is 4.98 Å². The molecule has 2 N–H and O–H groups in total.